The highest BCUT2D eigenvalue weighted by Crippen LogP contribution is 2.17. The second-order valence-electron chi connectivity index (χ2n) is 6.70. The Balaban J connectivity index is 2.19. The number of hydrogen-bond donors (Lipinski definition) is 0. The lowest BCUT2D eigenvalue weighted by Crippen LogP contribution is -2.41. The molecular weight excluding hydrogens is 296 g/mol. The van der Waals surface area contributed by atoms with Crippen molar-refractivity contribution in [1.82, 2.24) is 9.80 Å². The Labute approximate surface area is 140 Å². The van der Waals surface area contributed by atoms with Crippen molar-refractivity contribution in [1.29, 1.82) is 0 Å². The van der Waals surface area contributed by atoms with E-state index in [1.54, 1.807) is 0 Å². The summed E-state index contributed by atoms with van der Waals surface area (Å²) in [4.78, 5) is 27.5. The van der Waals surface area contributed by atoms with E-state index in [4.69, 9.17) is 4.74 Å². The molecule has 1 amide bonds. The van der Waals surface area contributed by atoms with E-state index in [2.05, 4.69) is 23.7 Å². The van der Waals surface area contributed by atoms with Crippen LogP contribution >= 0.6 is 0 Å². The molecule has 0 aromatic rings. The maximum Gasteiger partial charge on any atom is 0.305 e. The van der Waals surface area contributed by atoms with E-state index in [9.17, 15) is 9.59 Å². The van der Waals surface area contributed by atoms with Gasteiger partial charge in [0, 0.05) is 32.5 Å². The molecule has 0 aromatic carbocycles. The summed E-state index contributed by atoms with van der Waals surface area (Å²) in [5, 5.41) is 0. The lowest BCUT2D eigenvalue weighted by atomic mass is 10.0. The van der Waals surface area contributed by atoms with Gasteiger partial charge in [-0.3, -0.25) is 9.59 Å². The number of methoxy groups -OCH3 is 1. The molecule has 0 aromatic heterocycles. The zero-order valence-corrected chi connectivity index (χ0v) is 15.0. The quantitative estimate of drug-likeness (QED) is 0.475. The van der Waals surface area contributed by atoms with Crippen LogP contribution in [0.15, 0.2) is 0 Å². The summed E-state index contributed by atoms with van der Waals surface area (Å²) < 4.78 is 10.5. The van der Waals surface area contributed by atoms with Crippen molar-refractivity contribution in [2.45, 2.75) is 45.1 Å². The zero-order valence-electron chi connectivity index (χ0n) is 15.0. The van der Waals surface area contributed by atoms with Crippen molar-refractivity contribution in [3.05, 3.63) is 0 Å². The fraction of sp³-hybridized carbons (Fsp3) is 0.882. The molecule has 6 heteroatoms. The Morgan fingerprint density at radius 2 is 1.87 bits per heavy atom. The maximum atomic E-state index is 12.2. The van der Waals surface area contributed by atoms with E-state index >= 15 is 0 Å². The molecule has 1 atom stereocenters. The van der Waals surface area contributed by atoms with Gasteiger partial charge in [-0.2, -0.15) is 0 Å². The number of amides is 1. The van der Waals surface area contributed by atoms with E-state index in [1.807, 2.05) is 11.8 Å². The van der Waals surface area contributed by atoms with Gasteiger partial charge in [0.15, 0.2) is 0 Å². The number of carbonyl (C=O) groups excluding carboxylic acids is 2. The molecule has 0 bridgehead atoms. The Hall–Kier alpha value is -1.14. The number of piperidine rings is 1. The molecule has 1 fully saturated rings. The van der Waals surface area contributed by atoms with Gasteiger partial charge in [0.1, 0.15) is 0 Å². The van der Waals surface area contributed by atoms with E-state index < -0.39 is 0 Å². The average Bonchev–Trinajstić information content (AvgIpc) is 2.51. The highest BCUT2D eigenvalue weighted by Gasteiger charge is 2.24. The van der Waals surface area contributed by atoms with Crippen LogP contribution < -0.4 is 0 Å². The summed E-state index contributed by atoms with van der Waals surface area (Å²) >= 11 is 0. The van der Waals surface area contributed by atoms with Crippen LogP contribution in [0.25, 0.3) is 0 Å². The summed E-state index contributed by atoms with van der Waals surface area (Å²) in [6.45, 7) is 5.24. The Morgan fingerprint density at radius 1 is 1.22 bits per heavy atom. The predicted octanol–water partition coefficient (Wildman–Crippen LogP) is 1.54. The van der Waals surface area contributed by atoms with Crippen molar-refractivity contribution >= 4 is 11.9 Å². The molecule has 134 valence electrons. The highest BCUT2D eigenvalue weighted by atomic mass is 16.5. The topological polar surface area (TPSA) is 59.1 Å². The number of hydrogen-bond acceptors (Lipinski definition) is 5. The van der Waals surface area contributed by atoms with Crippen LogP contribution in [0.2, 0.25) is 0 Å². The summed E-state index contributed by atoms with van der Waals surface area (Å²) in [5.41, 5.74) is 0. The van der Waals surface area contributed by atoms with Crippen molar-refractivity contribution in [2.24, 2.45) is 5.92 Å². The van der Waals surface area contributed by atoms with Gasteiger partial charge in [-0.25, -0.2) is 0 Å². The fourth-order valence-electron chi connectivity index (χ4n) is 2.77. The Kier molecular flexibility index (Phi) is 9.17. The minimum Gasteiger partial charge on any atom is -0.469 e. The van der Waals surface area contributed by atoms with Crippen LogP contribution in [0.3, 0.4) is 0 Å². The van der Waals surface area contributed by atoms with Gasteiger partial charge >= 0.3 is 5.97 Å². The fourth-order valence-corrected chi connectivity index (χ4v) is 2.77. The molecule has 0 radical (unpaired) electrons. The van der Waals surface area contributed by atoms with Crippen LogP contribution in [0.4, 0.5) is 0 Å². The summed E-state index contributed by atoms with van der Waals surface area (Å²) in [6.07, 6.45) is 3.82. The van der Waals surface area contributed by atoms with Crippen molar-refractivity contribution in [3.8, 4) is 0 Å². The number of nitrogens with zero attached hydrogens (tertiary/aromatic N) is 2. The van der Waals surface area contributed by atoms with E-state index in [0.29, 0.717) is 12.8 Å². The molecule has 1 rings (SSSR count). The monoisotopic (exact) mass is 328 g/mol. The second-order valence-corrected chi connectivity index (χ2v) is 6.70. The highest BCUT2D eigenvalue weighted by molar-refractivity contribution is 5.77. The molecule has 23 heavy (non-hydrogen) atoms. The van der Waals surface area contributed by atoms with E-state index in [-0.39, 0.29) is 23.9 Å². The molecule has 0 aliphatic carbocycles. The normalized spacial score (nSPS) is 17.3. The lowest BCUT2D eigenvalue weighted by Gasteiger charge is -2.32. The van der Waals surface area contributed by atoms with Gasteiger partial charge < -0.3 is 19.3 Å². The molecule has 1 aliphatic heterocycles. The molecule has 1 unspecified atom stereocenters. The molecule has 6 nitrogen and oxygen atoms in total. The van der Waals surface area contributed by atoms with Gasteiger partial charge in [0.2, 0.25) is 5.91 Å². The number of carbonyl (C=O) groups is 2. The molecule has 0 spiro atoms. The number of rotatable bonds is 9. The maximum absolute atomic E-state index is 12.2. The molecule has 1 saturated heterocycles. The molecule has 1 heterocycles. The minimum atomic E-state index is -0.255. The number of ether oxygens (including phenoxy) is 2. The summed E-state index contributed by atoms with van der Waals surface area (Å²) in [6, 6.07) is 0. The standard InChI is InChI=1S/C17H32N2O4/c1-14(13-17(21)22-4)12-16(20)19-9-6-15(7-10-19)23-11-5-8-18(2)3/h14-15H,5-13H2,1-4H3. The lowest BCUT2D eigenvalue weighted by molar-refractivity contribution is -0.142. The third-order valence-electron chi connectivity index (χ3n) is 4.16. The SMILES string of the molecule is COC(=O)CC(C)CC(=O)N1CCC(OCCCN(C)C)CC1. The predicted molar refractivity (Wildman–Crippen MR) is 89.1 cm³/mol. The third kappa shape index (κ3) is 8.32. The van der Waals surface area contributed by atoms with Crippen molar-refractivity contribution < 1.29 is 19.1 Å². The first-order valence-electron chi connectivity index (χ1n) is 8.53. The number of likely N-dealkylation sites (tertiary alicyclic amines) is 1. The number of esters is 1. The van der Waals surface area contributed by atoms with Crippen LogP contribution in [-0.2, 0) is 19.1 Å². The van der Waals surface area contributed by atoms with Crippen molar-refractivity contribution in [2.75, 3.05) is 47.4 Å². The van der Waals surface area contributed by atoms with Gasteiger partial charge in [-0.1, -0.05) is 6.92 Å². The largest absolute Gasteiger partial charge is 0.469 e. The van der Waals surface area contributed by atoms with Gasteiger partial charge in [0.25, 0.3) is 0 Å². The molecule has 1 aliphatic rings. The smallest absolute Gasteiger partial charge is 0.305 e. The summed E-state index contributed by atoms with van der Waals surface area (Å²) in [5.74, 6) is -0.0995. The molecule has 0 N–H and O–H groups in total. The van der Waals surface area contributed by atoms with Gasteiger partial charge in [0.05, 0.1) is 13.2 Å². The van der Waals surface area contributed by atoms with Crippen LogP contribution in [-0.4, -0.2) is 75.2 Å². The third-order valence-corrected chi connectivity index (χ3v) is 4.16. The van der Waals surface area contributed by atoms with Crippen LogP contribution in [0.1, 0.15) is 39.0 Å². The first kappa shape index (κ1) is 19.9. The van der Waals surface area contributed by atoms with Gasteiger partial charge in [-0.15, -0.1) is 0 Å². The van der Waals surface area contributed by atoms with E-state index in [1.165, 1.54) is 7.11 Å². The summed E-state index contributed by atoms with van der Waals surface area (Å²) in [7, 11) is 5.50. The molecular formula is C17H32N2O4. The van der Waals surface area contributed by atoms with E-state index in [0.717, 1.165) is 45.5 Å². The van der Waals surface area contributed by atoms with Gasteiger partial charge in [-0.05, 0) is 45.8 Å². The van der Waals surface area contributed by atoms with Crippen LogP contribution in [0.5, 0.6) is 0 Å². The molecule has 0 saturated carbocycles. The first-order valence-corrected chi connectivity index (χ1v) is 8.53. The van der Waals surface area contributed by atoms with Crippen LogP contribution in [0, 0.1) is 5.92 Å². The second kappa shape index (κ2) is 10.6. The average molecular weight is 328 g/mol. The Morgan fingerprint density at radius 3 is 2.43 bits per heavy atom. The first-order chi connectivity index (χ1) is 10.9. The minimum absolute atomic E-state index is 0.0231. The Bertz CT molecular complexity index is 366. The van der Waals surface area contributed by atoms with Crippen molar-refractivity contribution in [3.63, 3.8) is 0 Å². The zero-order chi connectivity index (χ0) is 17.2.